The Bertz CT molecular complexity index is 466. The lowest BCUT2D eigenvalue weighted by Crippen LogP contribution is -2.34. The van der Waals surface area contributed by atoms with Crippen LogP contribution in [0.2, 0.25) is 0 Å². The first-order chi connectivity index (χ1) is 10.3. The molecule has 1 aromatic heterocycles. The van der Waals surface area contributed by atoms with Crippen LogP contribution in [0, 0.1) is 6.92 Å². The van der Waals surface area contributed by atoms with Gasteiger partial charge in [0.2, 0.25) is 0 Å². The zero-order valence-corrected chi connectivity index (χ0v) is 13.6. The summed E-state index contributed by atoms with van der Waals surface area (Å²) < 4.78 is 0. The molecule has 3 rings (SSSR count). The molecule has 3 nitrogen and oxygen atoms in total. The van der Waals surface area contributed by atoms with E-state index >= 15 is 0 Å². The maximum Gasteiger partial charge on any atom is 0.128 e. The summed E-state index contributed by atoms with van der Waals surface area (Å²) >= 11 is 0. The minimum Gasteiger partial charge on any atom is -0.357 e. The van der Waals surface area contributed by atoms with Gasteiger partial charge in [-0.3, -0.25) is 4.90 Å². The van der Waals surface area contributed by atoms with Crippen molar-refractivity contribution in [2.75, 3.05) is 31.1 Å². The van der Waals surface area contributed by atoms with Gasteiger partial charge < -0.3 is 4.90 Å². The van der Waals surface area contributed by atoms with E-state index in [0.29, 0.717) is 6.04 Å². The van der Waals surface area contributed by atoms with Crippen molar-refractivity contribution < 1.29 is 0 Å². The summed E-state index contributed by atoms with van der Waals surface area (Å²) in [6.45, 7) is 9.30. The Morgan fingerprint density at radius 2 is 1.86 bits per heavy atom. The van der Waals surface area contributed by atoms with E-state index < -0.39 is 0 Å². The monoisotopic (exact) mass is 287 g/mol. The first-order valence-electron chi connectivity index (χ1n) is 8.75. The number of rotatable bonds is 3. The highest BCUT2D eigenvalue weighted by atomic mass is 15.2. The molecule has 0 aromatic carbocycles. The molecule has 2 aliphatic heterocycles. The molecule has 0 N–H and O–H groups in total. The largest absolute Gasteiger partial charge is 0.357 e. The summed E-state index contributed by atoms with van der Waals surface area (Å²) in [6.07, 6.45) is 10.2. The summed E-state index contributed by atoms with van der Waals surface area (Å²) in [5.41, 5.74) is 2.88. The number of hydrogen-bond acceptors (Lipinski definition) is 3. The first-order valence-corrected chi connectivity index (χ1v) is 8.75. The zero-order valence-electron chi connectivity index (χ0n) is 13.6. The van der Waals surface area contributed by atoms with Gasteiger partial charge in [-0.05, 0) is 69.3 Å². The van der Waals surface area contributed by atoms with E-state index in [1.165, 1.54) is 75.1 Å². The average Bonchev–Trinajstić information content (AvgIpc) is 2.55. The predicted octanol–water partition coefficient (Wildman–Crippen LogP) is 3.93. The predicted molar refractivity (Wildman–Crippen MR) is 88.9 cm³/mol. The van der Waals surface area contributed by atoms with Crippen molar-refractivity contribution in [3.05, 3.63) is 23.4 Å². The van der Waals surface area contributed by atoms with E-state index in [2.05, 4.69) is 35.9 Å². The Morgan fingerprint density at radius 1 is 1.10 bits per heavy atom. The molecule has 1 aromatic rings. The van der Waals surface area contributed by atoms with Crippen LogP contribution >= 0.6 is 0 Å². The highest BCUT2D eigenvalue weighted by Gasteiger charge is 2.24. The lowest BCUT2D eigenvalue weighted by molar-refractivity contribution is 0.156. The summed E-state index contributed by atoms with van der Waals surface area (Å²) in [5, 5.41) is 0. The minimum atomic E-state index is 0.589. The van der Waals surface area contributed by atoms with Crippen LogP contribution < -0.4 is 4.90 Å². The van der Waals surface area contributed by atoms with Crippen LogP contribution in [0.4, 0.5) is 5.82 Å². The fourth-order valence-corrected chi connectivity index (χ4v) is 3.92. The Kier molecular flexibility index (Phi) is 4.79. The van der Waals surface area contributed by atoms with Crippen molar-refractivity contribution in [2.45, 2.75) is 58.4 Å². The average molecular weight is 287 g/mol. The Balaban J connectivity index is 1.80. The molecule has 0 radical (unpaired) electrons. The van der Waals surface area contributed by atoms with Gasteiger partial charge >= 0.3 is 0 Å². The third-order valence-electron chi connectivity index (χ3n) is 5.20. The van der Waals surface area contributed by atoms with Gasteiger partial charge in [0.25, 0.3) is 0 Å². The maximum atomic E-state index is 4.81. The molecule has 1 unspecified atom stereocenters. The number of nitrogens with zero attached hydrogens (tertiary/aromatic N) is 3. The molecule has 0 spiro atoms. The van der Waals surface area contributed by atoms with Crippen molar-refractivity contribution in [2.24, 2.45) is 0 Å². The molecule has 0 amide bonds. The van der Waals surface area contributed by atoms with Crippen LogP contribution in [-0.2, 0) is 0 Å². The third-order valence-corrected chi connectivity index (χ3v) is 5.20. The van der Waals surface area contributed by atoms with Crippen molar-refractivity contribution in [1.82, 2.24) is 9.88 Å². The molecule has 3 heterocycles. The Labute approximate surface area is 129 Å². The zero-order chi connectivity index (χ0) is 14.7. The van der Waals surface area contributed by atoms with E-state index in [1.807, 2.05) is 0 Å². The molecule has 116 valence electrons. The molecular weight excluding hydrogens is 258 g/mol. The van der Waals surface area contributed by atoms with Crippen molar-refractivity contribution in [3.63, 3.8) is 0 Å². The SMILES string of the molecule is CCN1CCCCC1c1cnc(N2CCCCC2)cc1C. The van der Waals surface area contributed by atoms with Gasteiger partial charge in [-0.15, -0.1) is 0 Å². The minimum absolute atomic E-state index is 0.589. The second-order valence-electron chi connectivity index (χ2n) is 6.59. The Hall–Kier alpha value is -1.09. The van der Waals surface area contributed by atoms with E-state index in [0.717, 1.165) is 6.54 Å². The van der Waals surface area contributed by atoms with Gasteiger partial charge in [-0.1, -0.05) is 13.3 Å². The number of aryl methyl sites for hydroxylation is 1. The summed E-state index contributed by atoms with van der Waals surface area (Å²) in [7, 11) is 0. The van der Waals surface area contributed by atoms with Gasteiger partial charge in [-0.2, -0.15) is 0 Å². The third kappa shape index (κ3) is 3.23. The summed E-state index contributed by atoms with van der Waals surface area (Å²) in [4.78, 5) is 9.88. The van der Waals surface area contributed by atoms with Crippen LogP contribution in [0.15, 0.2) is 12.3 Å². The molecule has 2 saturated heterocycles. The second-order valence-corrected chi connectivity index (χ2v) is 6.59. The molecule has 21 heavy (non-hydrogen) atoms. The summed E-state index contributed by atoms with van der Waals surface area (Å²) in [5.74, 6) is 1.19. The van der Waals surface area contributed by atoms with E-state index in [1.54, 1.807) is 0 Å². The smallest absolute Gasteiger partial charge is 0.128 e. The van der Waals surface area contributed by atoms with Crippen molar-refractivity contribution in [3.8, 4) is 0 Å². The quantitative estimate of drug-likeness (QED) is 0.840. The molecule has 0 aliphatic carbocycles. The fourth-order valence-electron chi connectivity index (χ4n) is 3.92. The number of likely N-dealkylation sites (tertiary alicyclic amines) is 1. The molecule has 1 atom stereocenters. The lowest BCUT2D eigenvalue weighted by atomic mass is 9.93. The lowest BCUT2D eigenvalue weighted by Gasteiger charge is -2.36. The molecule has 2 aliphatic rings. The van der Waals surface area contributed by atoms with Gasteiger partial charge in [0.05, 0.1) is 0 Å². The first kappa shape index (κ1) is 14.8. The van der Waals surface area contributed by atoms with Crippen molar-refractivity contribution in [1.29, 1.82) is 0 Å². The topological polar surface area (TPSA) is 19.4 Å². The van der Waals surface area contributed by atoms with Crippen LogP contribution in [-0.4, -0.2) is 36.1 Å². The maximum absolute atomic E-state index is 4.81. The molecular formula is C18H29N3. The van der Waals surface area contributed by atoms with Gasteiger partial charge in [-0.25, -0.2) is 4.98 Å². The van der Waals surface area contributed by atoms with Gasteiger partial charge in [0.15, 0.2) is 0 Å². The van der Waals surface area contributed by atoms with Crippen molar-refractivity contribution >= 4 is 5.82 Å². The molecule has 0 bridgehead atoms. The van der Waals surface area contributed by atoms with E-state index in [4.69, 9.17) is 4.98 Å². The van der Waals surface area contributed by atoms with Crippen LogP contribution in [0.1, 0.15) is 62.6 Å². The standard InChI is InChI=1S/C18H29N3/c1-3-20-10-8-5-9-17(20)16-14-19-18(13-15(16)2)21-11-6-4-7-12-21/h13-14,17H,3-12H2,1-2H3. The van der Waals surface area contributed by atoms with E-state index in [9.17, 15) is 0 Å². The Morgan fingerprint density at radius 3 is 2.57 bits per heavy atom. The number of aromatic nitrogens is 1. The number of anilines is 1. The molecule has 3 heteroatoms. The van der Waals surface area contributed by atoms with Crippen LogP contribution in [0.5, 0.6) is 0 Å². The fraction of sp³-hybridized carbons (Fsp3) is 0.722. The van der Waals surface area contributed by atoms with Gasteiger partial charge in [0, 0.05) is 25.3 Å². The summed E-state index contributed by atoms with van der Waals surface area (Å²) in [6, 6.07) is 2.91. The highest BCUT2D eigenvalue weighted by Crippen LogP contribution is 2.33. The number of piperidine rings is 2. The number of pyridine rings is 1. The van der Waals surface area contributed by atoms with Gasteiger partial charge in [0.1, 0.15) is 5.82 Å². The van der Waals surface area contributed by atoms with E-state index in [-0.39, 0.29) is 0 Å². The molecule has 2 fully saturated rings. The second kappa shape index (κ2) is 6.78. The molecule has 0 saturated carbocycles. The van der Waals surface area contributed by atoms with Crippen LogP contribution in [0.3, 0.4) is 0 Å². The normalized spacial score (nSPS) is 24.3. The van der Waals surface area contributed by atoms with Crippen LogP contribution in [0.25, 0.3) is 0 Å². The number of hydrogen-bond donors (Lipinski definition) is 0. The highest BCUT2D eigenvalue weighted by molar-refractivity contribution is 5.44.